The van der Waals surface area contributed by atoms with Crippen molar-refractivity contribution in [2.45, 2.75) is 32.1 Å². The number of carbonyl (C=O) groups excluding carboxylic acids is 2. The van der Waals surface area contributed by atoms with E-state index >= 15 is 0 Å². The molecule has 0 saturated heterocycles. The minimum absolute atomic E-state index is 0.215. The predicted octanol–water partition coefficient (Wildman–Crippen LogP) is 1.32. The van der Waals surface area contributed by atoms with Crippen molar-refractivity contribution in [3.05, 3.63) is 52.7 Å². The Morgan fingerprint density at radius 3 is 2.36 bits per heavy atom. The number of carboxylic acids is 2. The molecule has 130 valence electrons. The summed E-state index contributed by atoms with van der Waals surface area (Å²) >= 11 is 0. The number of benzene rings is 1. The van der Waals surface area contributed by atoms with Gasteiger partial charge in [-0.2, -0.15) is 0 Å². The highest BCUT2D eigenvalue weighted by atomic mass is 16.4. The lowest BCUT2D eigenvalue weighted by atomic mass is 9.87. The van der Waals surface area contributed by atoms with Gasteiger partial charge in [0.15, 0.2) is 0 Å². The predicted molar refractivity (Wildman–Crippen MR) is 91.0 cm³/mol. The maximum absolute atomic E-state index is 11.7. The highest BCUT2D eigenvalue weighted by molar-refractivity contribution is 6.09. The summed E-state index contributed by atoms with van der Waals surface area (Å²) in [5, 5.41) is 24.3. The van der Waals surface area contributed by atoms with E-state index in [1.807, 2.05) is 35.9 Å². The van der Waals surface area contributed by atoms with Gasteiger partial charge < -0.3 is 24.4 Å². The first-order valence-electron chi connectivity index (χ1n) is 8.40. The lowest BCUT2D eigenvalue weighted by Gasteiger charge is -2.22. The molecule has 3 rings (SSSR count). The fourth-order valence-electron chi connectivity index (χ4n) is 3.55. The Kier molecular flexibility index (Phi) is 4.74. The van der Waals surface area contributed by atoms with Crippen LogP contribution < -0.4 is 10.2 Å². The van der Waals surface area contributed by atoms with E-state index in [1.54, 1.807) is 6.20 Å². The van der Waals surface area contributed by atoms with Crippen LogP contribution in [0.1, 0.15) is 37.7 Å². The molecule has 2 aromatic rings. The second kappa shape index (κ2) is 6.97. The topological polar surface area (TPSA) is 85.2 Å². The molecule has 0 amide bonds. The van der Waals surface area contributed by atoms with E-state index in [-0.39, 0.29) is 11.1 Å². The van der Waals surface area contributed by atoms with Crippen molar-refractivity contribution >= 4 is 28.9 Å². The zero-order chi connectivity index (χ0) is 18.0. The number of hydrogen-bond acceptors (Lipinski definition) is 4. The minimum Gasteiger partial charge on any atom is -0.545 e. The number of fused-ring (bicyclic) bond motifs is 1. The summed E-state index contributed by atoms with van der Waals surface area (Å²) in [6.07, 6.45) is 7.10. The molecule has 1 aromatic heterocycles. The Labute approximate surface area is 145 Å². The summed E-state index contributed by atoms with van der Waals surface area (Å²) in [5.41, 5.74) is 1.70. The third-order valence-corrected chi connectivity index (χ3v) is 4.73. The summed E-state index contributed by atoms with van der Waals surface area (Å²) in [6, 6.07) is 7.55. The Bertz CT molecular complexity index is 894. The molecule has 1 aromatic carbocycles. The van der Waals surface area contributed by atoms with E-state index in [9.17, 15) is 19.8 Å². The monoisotopic (exact) mass is 337 g/mol. The molecule has 1 saturated carbocycles. The number of aryl methyl sites for hydroxylation is 1. The van der Waals surface area contributed by atoms with Gasteiger partial charge in [0.05, 0.1) is 11.9 Å². The lowest BCUT2D eigenvalue weighted by Crippen LogP contribution is -2.33. The van der Waals surface area contributed by atoms with Gasteiger partial charge in [-0.25, -0.2) is 0 Å². The van der Waals surface area contributed by atoms with Crippen LogP contribution >= 0.6 is 0 Å². The summed E-state index contributed by atoms with van der Waals surface area (Å²) in [7, 11) is 1.86. The molecule has 0 radical (unpaired) electrons. The van der Waals surface area contributed by atoms with Crippen molar-refractivity contribution in [2.24, 2.45) is 7.05 Å². The van der Waals surface area contributed by atoms with Crippen molar-refractivity contribution in [1.82, 2.24) is 4.57 Å². The SMILES string of the molecule is Cn1cc(/C=C(/C(=O)[O-])C(C(=O)[O-])=C2CCCCC2)c2ccccc21. The number of para-hydroxylation sites is 1. The second-order valence-corrected chi connectivity index (χ2v) is 6.38. The molecule has 0 aliphatic heterocycles. The van der Waals surface area contributed by atoms with Gasteiger partial charge in [-0.1, -0.05) is 30.2 Å². The molecule has 25 heavy (non-hydrogen) atoms. The largest absolute Gasteiger partial charge is 0.545 e. The summed E-state index contributed by atoms with van der Waals surface area (Å²) in [6.45, 7) is 0. The third-order valence-electron chi connectivity index (χ3n) is 4.73. The van der Waals surface area contributed by atoms with Gasteiger partial charge >= 0.3 is 0 Å². The number of rotatable bonds is 4. The molecule has 5 nitrogen and oxygen atoms in total. The van der Waals surface area contributed by atoms with Crippen molar-refractivity contribution in [3.63, 3.8) is 0 Å². The maximum Gasteiger partial charge on any atom is 0.0722 e. The Morgan fingerprint density at radius 2 is 1.72 bits per heavy atom. The summed E-state index contributed by atoms with van der Waals surface area (Å²) in [4.78, 5) is 23.4. The van der Waals surface area contributed by atoms with Crippen LogP contribution in [0.3, 0.4) is 0 Å². The molecular formula is C20H19NO4-2. The van der Waals surface area contributed by atoms with Crippen molar-refractivity contribution in [1.29, 1.82) is 0 Å². The average molecular weight is 337 g/mol. The van der Waals surface area contributed by atoms with Crippen LogP contribution in [0.25, 0.3) is 17.0 Å². The third kappa shape index (κ3) is 3.36. The lowest BCUT2D eigenvalue weighted by molar-refractivity contribution is -0.304. The highest BCUT2D eigenvalue weighted by Crippen LogP contribution is 2.31. The van der Waals surface area contributed by atoms with E-state index in [4.69, 9.17) is 0 Å². The maximum atomic E-state index is 11.7. The molecule has 0 unspecified atom stereocenters. The minimum atomic E-state index is -1.50. The number of allylic oxidation sites excluding steroid dienone is 1. The molecule has 0 spiro atoms. The van der Waals surface area contributed by atoms with Gasteiger partial charge in [0.1, 0.15) is 0 Å². The summed E-state index contributed by atoms with van der Waals surface area (Å²) in [5.74, 6) is -2.95. The molecule has 1 aliphatic carbocycles. The van der Waals surface area contributed by atoms with Crippen LogP contribution in [0.15, 0.2) is 47.2 Å². The van der Waals surface area contributed by atoms with E-state index in [1.165, 1.54) is 6.08 Å². The Hall–Kier alpha value is -2.82. The number of aliphatic carboxylic acids is 2. The van der Waals surface area contributed by atoms with Gasteiger partial charge in [0.25, 0.3) is 0 Å². The standard InChI is InChI=1S/C20H21NO4/c1-21-12-14(15-9-5-6-10-17(15)21)11-16(19(22)23)18(20(24)25)13-7-3-2-4-8-13/h5-6,9-12H,2-4,7-8H2,1H3,(H,22,23)(H,24,25)/p-2/b16-11+. The molecule has 0 atom stereocenters. The zero-order valence-electron chi connectivity index (χ0n) is 14.1. The van der Waals surface area contributed by atoms with Crippen LogP contribution in [0, 0.1) is 0 Å². The van der Waals surface area contributed by atoms with Crippen LogP contribution in [-0.2, 0) is 16.6 Å². The fourth-order valence-corrected chi connectivity index (χ4v) is 3.55. The fraction of sp³-hybridized carbons (Fsp3) is 0.300. The first-order chi connectivity index (χ1) is 12.0. The Morgan fingerprint density at radius 1 is 1.04 bits per heavy atom. The molecule has 1 heterocycles. The quantitative estimate of drug-likeness (QED) is 0.788. The number of nitrogens with zero attached hydrogens (tertiary/aromatic N) is 1. The normalized spacial score (nSPS) is 15.4. The first-order valence-corrected chi connectivity index (χ1v) is 8.40. The summed E-state index contributed by atoms with van der Waals surface area (Å²) < 4.78 is 1.88. The van der Waals surface area contributed by atoms with Crippen molar-refractivity contribution < 1.29 is 19.8 Å². The van der Waals surface area contributed by atoms with Crippen LogP contribution in [-0.4, -0.2) is 16.5 Å². The van der Waals surface area contributed by atoms with Gasteiger partial charge in [-0.3, -0.25) is 0 Å². The highest BCUT2D eigenvalue weighted by Gasteiger charge is 2.17. The van der Waals surface area contributed by atoms with Gasteiger partial charge in [0.2, 0.25) is 0 Å². The van der Waals surface area contributed by atoms with E-state index in [0.717, 1.165) is 30.2 Å². The van der Waals surface area contributed by atoms with Crippen LogP contribution in [0.4, 0.5) is 0 Å². The number of carboxylic acid groups (broad SMARTS) is 2. The van der Waals surface area contributed by atoms with Gasteiger partial charge in [-0.05, 0) is 37.8 Å². The van der Waals surface area contributed by atoms with Crippen molar-refractivity contribution in [3.8, 4) is 0 Å². The van der Waals surface area contributed by atoms with Crippen LogP contribution in [0.2, 0.25) is 0 Å². The van der Waals surface area contributed by atoms with Gasteiger partial charge in [-0.15, -0.1) is 0 Å². The zero-order valence-corrected chi connectivity index (χ0v) is 14.1. The molecule has 0 N–H and O–H groups in total. The average Bonchev–Trinajstić information content (AvgIpc) is 2.91. The molecule has 0 bridgehead atoms. The van der Waals surface area contributed by atoms with E-state index in [0.29, 0.717) is 24.0 Å². The van der Waals surface area contributed by atoms with Gasteiger partial charge in [0, 0.05) is 40.9 Å². The van der Waals surface area contributed by atoms with E-state index < -0.39 is 11.9 Å². The number of hydrogen-bond donors (Lipinski definition) is 0. The Balaban J connectivity index is 2.18. The molecule has 1 fully saturated rings. The van der Waals surface area contributed by atoms with E-state index in [2.05, 4.69) is 0 Å². The van der Waals surface area contributed by atoms with Crippen molar-refractivity contribution in [2.75, 3.05) is 0 Å². The number of aromatic nitrogens is 1. The second-order valence-electron chi connectivity index (χ2n) is 6.38. The smallest absolute Gasteiger partial charge is 0.0722 e. The van der Waals surface area contributed by atoms with Crippen LogP contribution in [0.5, 0.6) is 0 Å². The molecular weight excluding hydrogens is 318 g/mol. The number of carbonyl (C=O) groups is 2. The molecule has 5 heteroatoms. The first kappa shape index (κ1) is 17.0. The molecule has 1 aliphatic rings.